The second kappa shape index (κ2) is 8.40. The fourth-order valence-electron chi connectivity index (χ4n) is 9.37. The summed E-state index contributed by atoms with van der Waals surface area (Å²) in [7, 11) is 0. The SMILES string of the molecule is C[C@H](CCc1ccccc1)[C@H]1CC[C@H]2[C@@H]3[C@H](O)C[C@@H]4C[C@H](O)CC[C@]4(C)[C@H]3C[C@H](O)[C@]12C. The molecule has 3 heteroatoms. The van der Waals surface area contributed by atoms with Crippen molar-refractivity contribution in [2.75, 3.05) is 0 Å². The van der Waals surface area contributed by atoms with E-state index < -0.39 is 0 Å². The topological polar surface area (TPSA) is 60.7 Å². The fourth-order valence-corrected chi connectivity index (χ4v) is 9.37. The molecule has 32 heavy (non-hydrogen) atoms. The highest BCUT2D eigenvalue weighted by Gasteiger charge is 2.65. The second-order valence-electron chi connectivity index (χ2n) is 12.5. The Morgan fingerprint density at radius 2 is 1.69 bits per heavy atom. The minimum Gasteiger partial charge on any atom is -0.393 e. The first kappa shape index (κ1) is 22.9. The lowest BCUT2D eigenvalue weighted by atomic mass is 9.43. The summed E-state index contributed by atoms with van der Waals surface area (Å²) in [6, 6.07) is 10.8. The number of aliphatic hydroxyl groups is 3. The normalized spacial score (nSPS) is 49.1. The lowest BCUT2D eigenvalue weighted by molar-refractivity contribution is -0.207. The third kappa shape index (κ3) is 3.49. The van der Waals surface area contributed by atoms with E-state index in [1.807, 2.05) is 0 Å². The number of fused-ring (bicyclic) bond motifs is 5. The van der Waals surface area contributed by atoms with Gasteiger partial charge in [-0.25, -0.2) is 0 Å². The highest BCUT2D eigenvalue weighted by atomic mass is 16.3. The van der Waals surface area contributed by atoms with Gasteiger partial charge in [-0.1, -0.05) is 51.1 Å². The number of aryl methyl sites for hydroxylation is 1. The largest absolute Gasteiger partial charge is 0.393 e. The summed E-state index contributed by atoms with van der Waals surface area (Å²) in [4.78, 5) is 0. The zero-order valence-electron chi connectivity index (χ0n) is 20.3. The van der Waals surface area contributed by atoms with Gasteiger partial charge in [0.15, 0.2) is 0 Å². The van der Waals surface area contributed by atoms with Crippen LogP contribution in [0.4, 0.5) is 0 Å². The average Bonchev–Trinajstić information content (AvgIpc) is 3.13. The molecule has 1 aromatic rings. The van der Waals surface area contributed by atoms with Crippen molar-refractivity contribution in [2.45, 2.75) is 96.9 Å². The molecule has 4 saturated carbocycles. The standard InChI is InChI=1S/C29H44O3/c1-18(9-10-19-7-5-4-6-8-19)22-11-12-23-27-24(17-26(32)29(22,23)3)28(2)14-13-21(30)15-20(28)16-25(27)31/h4-8,18,20-27,30-32H,9-17H2,1-3H3/t18-,20+,21-,22-,23+,24+,25-,26+,27+,28+,29-/m1/s1. The first-order chi connectivity index (χ1) is 15.2. The Morgan fingerprint density at radius 3 is 2.44 bits per heavy atom. The Bertz CT molecular complexity index is 795. The number of aliphatic hydroxyl groups excluding tert-OH is 3. The van der Waals surface area contributed by atoms with Crippen LogP contribution >= 0.6 is 0 Å². The Labute approximate surface area is 194 Å². The third-order valence-electron chi connectivity index (χ3n) is 11.3. The number of benzene rings is 1. The molecule has 4 fully saturated rings. The molecular formula is C29H44O3. The summed E-state index contributed by atoms with van der Waals surface area (Å²) in [5.41, 5.74) is 1.47. The van der Waals surface area contributed by atoms with Gasteiger partial charge in [-0.3, -0.25) is 0 Å². The fraction of sp³-hybridized carbons (Fsp3) is 0.793. The van der Waals surface area contributed by atoms with Crippen molar-refractivity contribution >= 4 is 0 Å². The van der Waals surface area contributed by atoms with E-state index in [0.29, 0.717) is 35.5 Å². The molecule has 0 radical (unpaired) electrons. The van der Waals surface area contributed by atoms with Gasteiger partial charge in [-0.05, 0) is 110 Å². The minimum absolute atomic E-state index is 0.0877. The van der Waals surface area contributed by atoms with Crippen LogP contribution in [0.1, 0.15) is 77.7 Å². The second-order valence-corrected chi connectivity index (χ2v) is 12.5. The van der Waals surface area contributed by atoms with Crippen molar-refractivity contribution in [3.8, 4) is 0 Å². The van der Waals surface area contributed by atoms with Gasteiger partial charge in [-0.2, -0.15) is 0 Å². The molecule has 5 rings (SSSR count). The van der Waals surface area contributed by atoms with Gasteiger partial charge in [0.2, 0.25) is 0 Å². The average molecular weight is 441 g/mol. The summed E-state index contributed by atoms with van der Waals surface area (Å²) < 4.78 is 0. The van der Waals surface area contributed by atoms with Crippen LogP contribution in [-0.2, 0) is 6.42 Å². The maximum atomic E-state index is 11.7. The van der Waals surface area contributed by atoms with Crippen molar-refractivity contribution in [2.24, 2.45) is 46.3 Å². The summed E-state index contributed by atoms with van der Waals surface area (Å²) in [5, 5.41) is 33.4. The van der Waals surface area contributed by atoms with Gasteiger partial charge in [0.05, 0.1) is 18.3 Å². The van der Waals surface area contributed by atoms with Gasteiger partial charge in [-0.15, -0.1) is 0 Å². The number of rotatable bonds is 4. The van der Waals surface area contributed by atoms with Crippen LogP contribution in [0.15, 0.2) is 30.3 Å². The van der Waals surface area contributed by atoms with Crippen LogP contribution in [-0.4, -0.2) is 33.6 Å². The Balaban J connectivity index is 1.37. The van der Waals surface area contributed by atoms with Crippen LogP contribution < -0.4 is 0 Å². The van der Waals surface area contributed by atoms with E-state index in [4.69, 9.17) is 0 Å². The summed E-state index contributed by atoms with van der Waals surface area (Å²) >= 11 is 0. The third-order valence-corrected chi connectivity index (χ3v) is 11.3. The molecule has 0 heterocycles. The molecule has 1 aromatic carbocycles. The summed E-state index contributed by atoms with van der Waals surface area (Å²) in [6.45, 7) is 7.18. The molecule has 0 aliphatic heterocycles. The number of hydrogen-bond donors (Lipinski definition) is 3. The summed E-state index contributed by atoms with van der Waals surface area (Å²) in [5.74, 6) is 2.60. The molecule has 3 N–H and O–H groups in total. The molecule has 0 amide bonds. The monoisotopic (exact) mass is 440 g/mol. The molecule has 0 saturated heterocycles. The van der Waals surface area contributed by atoms with Crippen molar-refractivity contribution in [1.82, 2.24) is 0 Å². The predicted octanol–water partition coefficient (Wildman–Crippen LogP) is 5.22. The first-order valence-corrected chi connectivity index (χ1v) is 13.3. The van der Waals surface area contributed by atoms with Gasteiger partial charge in [0.25, 0.3) is 0 Å². The van der Waals surface area contributed by atoms with Crippen LogP contribution in [0.25, 0.3) is 0 Å². The van der Waals surface area contributed by atoms with Gasteiger partial charge in [0.1, 0.15) is 0 Å². The molecule has 0 spiro atoms. The Morgan fingerprint density at radius 1 is 0.938 bits per heavy atom. The van der Waals surface area contributed by atoms with Crippen LogP contribution in [0.2, 0.25) is 0 Å². The van der Waals surface area contributed by atoms with Crippen molar-refractivity contribution < 1.29 is 15.3 Å². The zero-order chi connectivity index (χ0) is 22.7. The van der Waals surface area contributed by atoms with Gasteiger partial charge >= 0.3 is 0 Å². The van der Waals surface area contributed by atoms with Crippen molar-refractivity contribution in [3.05, 3.63) is 35.9 Å². The van der Waals surface area contributed by atoms with E-state index in [2.05, 4.69) is 51.1 Å². The lowest BCUT2D eigenvalue weighted by Crippen LogP contribution is -2.62. The molecule has 4 aliphatic carbocycles. The van der Waals surface area contributed by atoms with E-state index in [1.54, 1.807) is 0 Å². The first-order valence-electron chi connectivity index (χ1n) is 13.3. The van der Waals surface area contributed by atoms with E-state index in [9.17, 15) is 15.3 Å². The zero-order valence-corrected chi connectivity index (χ0v) is 20.3. The smallest absolute Gasteiger partial charge is 0.0602 e. The molecule has 4 aliphatic rings. The maximum Gasteiger partial charge on any atom is 0.0602 e. The van der Waals surface area contributed by atoms with Gasteiger partial charge < -0.3 is 15.3 Å². The van der Waals surface area contributed by atoms with Crippen molar-refractivity contribution in [1.29, 1.82) is 0 Å². The molecule has 0 bridgehead atoms. The van der Waals surface area contributed by atoms with E-state index in [1.165, 1.54) is 12.0 Å². The van der Waals surface area contributed by atoms with Crippen molar-refractivity contribution in [3.63, 3.8) is 0 Å². The van der Waals surface area contributed by atoms with Crippen LogP contribution in [0.5, 0.6) is 0 Å². The predicted molar refractivity (Wildman–Crippen MR) is 128 cm³/mol. The maximum absolute atomic E-state index is 11.7. The van der Waals surface area contributed by atoms with E-state index >= 15 is 0 Å². The van der Waals surface area contributed by atoms with Crippen LogP contribution in [0, 0.1) is 46.3 Å². The van der Waals surface area contributed by atoms with Gasteiger partial charge in [0, 0.05) is 0 Å². The Hall–Kier alpha value is -0.900. The molecule has 3 nitrogen and oxygen atoms in total. The van der Waals surface area contributed by atoms with Crippen LogP contribution in [0.3, 0.4) is 0 Å². The minimum atomic E-state index is -0.282. The van der Waals surface area contributed by atoms with E-state index in [-0.39, 0.29) is 29.1 Å². The lowest BCUT2D eigenvalue weighted by Gasteiger charge is -2.63. The molecule has 0 aromatic heterocycles. The molecular weight excluding hydrogens is 396 g/mol. The summed E-state index contributed by atoms with van der Waals surface area (Å²) in [6.07, 6.45) is 8.25. The Kier molecular flexibility index (Phi) is 6.00. The molecule has 0 unspecified atom stereocenters. The number of hydrogen-bond acceptors (Lipinski definition) is 3. The highest BCUT2D eigenvalue weighted by Crippen LogP contribution is 2.68. The van der Waals surface area contributed by atoms with E-state index in [0.717, 1.165) is 51.4 Å². The quantitative estimate of drug-likeness (QED) is 0.602. The molecule has 11 atom stereocenters. The molecule has 178 valence electrons. The highest BCUT2D eigenvalue weighted by molar-refractivity contribution is 5.16.